The van der Waals surface area contributed by atoms with Crippen LogP contribution in [0.5, 0.6) is 0 Å². The summed E-state index contributed by atoms with van der Waals surface area (Å²) in [5, 5.41) is 12.0. The molecule has 0 heterocycles. The molecule has 114 valence electrons. The predicted molar refractivity (Wildman–Crippen MR) is 76.0 cm³/mol. The minimum atomic E-state index is -0.919. The molecule has 1 amide bonds. The number of hydrogen-bond donors (Lipinski definition) is 2. The zero-order chi connectivity index (χ0) is 15.6. The van der Waals surface area contributed by atoms with Gasteiger partial charge in [0.25, 0.3) is 0 Å². The Morgan fingerprint density at radius 2 is 2.00 bits per heavy atom. The largest absolute Gasteiger partial charge is 0.481 e. The van der Waals surface area contributed by atoms with Crippen LogP contribution >= 0.6 is 0 Å². The zero-order valence-electron chi connectivity index (χ0n) is 12.2. The zero-order valence-corrected chi connectivity index (χ0v) is 12.2. The highest BCUT2D eigenvalue weighted by molar-refractivity contribution is 5.85. The van der Waals surface area contributed by atoms with Gasteiger partial charge in [-0.05, 0) is 43.4 Å². The standard InChI is InChI=1S/C16H20FNO3/c1-9-6-13(14(7-9)16(20)21)15(19)18-10(2)11-4-3-5-12(17)8-11/h3-5,8-10,13-14H,6-7H2,1-2H3,(H,18,19)(H,20,21)/t9?,10?,13-,14+/m0/s1. The number of carbonyl (C=O) groups excluding carboxylic acids is 1. The molecule has 2 unspecified atom stereocenters. The third-order valence-electron chi connectivity index (χ3n) is 4.16. The Kier molecular flexibility index (Phi) is 4.60. The Bertz CT molecular complexity index is 546. The van der Waals surface area contributed by atoms with Gasteiger partial charge in [-0.1, -0.05) is 19.1 Å². The summed E-state index contributed by atoms with van der Waals surface area (Å²) < 4.78 is 13.2. The second-order valence-electron chi connectivity index (χ2n) is 5.91. The third-order valence-corrected chi connectivity index (χ3v) is 4.16. The van der Waals surface area contributed by atoms with Gasteiger partial charge in [0.2, 0.25) is 5.91 Å². The van der Waals surface area contributed by atoms with Gasteiger partial charge in [0.15, 0.2) is 0 Å². The van der Waals surface area contributed by atoms with Gasteiger partial charge in [-0.25, -0.2) is 4.39 Å². The number of aliphatic carboxylic acids is 1. The average molecular weight is 293 g/mol. The van der Waals surface area contributed by atoms with Gasteiger partial charge in [0, 0.05) is 0 Å². The fraction of sp³-hybridized carbons (Fsp3) is 0.500. The Labute approximate surface area is 123 Å². The lowest BCUT2D eigenvalue weighted by Gasteiger charge is -2.20. The summed E-state index contributed by atoms with van der Waals surface area (Å²) in [6.45, 7) is 3.72. The number of rotatable bonds is 4. The number of amides is 1. The molecule has 2 N–H and O–H groups in total. The predicted octanol–water partition coefficient (Wildman–Crippen LogP) is 2.75. The summed E-state index contributed by atoms with van der Waals surface area (Å²) in [6.07, 6.45) is 1.11. The summed E-state index contributed by atoms with van der Waals surface area (Å²) in [7, 11) is 0. The number of carbonyl (C=O) groups is 2. The van der Waals surface area contributed by atoms with Gasteiger partial charge in [-0.2, -0.15) is 0 Å². The maximum atomic E-state index is 13.2. The Hall–Kier alpha value is -1.91. The fourth-order valence-corrected chi connectivity index (χ4v) is 3.03. The van der Waals surface area contributed by atoms with Crippen molar-refractivity contribution in [3.8, 4) is 0 Å². The van der Waals surface area contributed by atoms with Crippen molar-refractivity contribution in [2.45, 2.75) is 32.7 Å². The summed E-state index contributed by atoms with van der Waals surface area (Å²) in [5.74, 6) is -2.44. The molecule has 0 aliphatic heterocycles. The number of carboxylic acids is 1. The molecule has 2 rings (SSSR count). The highest BCUT2D eigenvalue weighted by Gasteiger charge is 2.41. The van der Waals surface area contributed by atoms with Gasteiger partial charge >= 0.3 is 5.97 Å². The first kappa shape index (κ1) is 15.5. The van der Waals surface area contributed by atoms with Gasteiger partial charge in [-0.15, -0.1) is 0 Å². The summed E-state index contributed by atoms with van der Waals surface area (Å²) in [6, 6.07) is 5.69. The van der Waals surface area contributed by atoms with Crippen molar-refractivity contribution in [3.63, 3.8) is 0 Å². The maximum absolute atomic E-state index is 13.2. The number of carboxylic acid groups (broad SMARTS) is 1. The summed E-state index contributed by atoms with van der Waals surface area (Å²) >= 11 is 0. The summed E-state index contributed by atoms with van der Waals surface area (Å²) in [5.41, 5.74) is 0.668. The van der Waals surface area contributed by atoms with Crippen LogP contribution < -0.4 is 5.32 Å². The van der Waals surface area contributed by atoms with Gasteiger partial charge in [0.1, 0.15) is 5.82 Å². The molecule has 1 saturated carbocycles. The fourth-order valence-electron chi connectivity index (χ4n) is 3.03. The van der Waals surface area contributed by atoms with Gasteiger partial charge in [-0.3, -0.25) is 9.59 Å². The van der Waals surface area contributed by atoms with Gasteiger partial charge in [0.05, 0.1) is 17.9 Å². The highest BCUT2D eigenvalue weighted by Crippen LogP contribution is 2.36. The topological polar surface area (TPSA) is 66.4 Å². The van der Waals surface area contributed by atoms with Crippen molar-refractivity contribution in [2.24, 2.45) is 17.8 Å². The Morgan fingerprint density at radius 3 is 2.62 bits per heavy atom. The monoisotopic (exact) mass is 293 g/mol. The van der Waals surface area contributed by atoms with Gasteiger partial charge < -0.3 is 10.4 Å². The van der Waals surface area contributed by atoms with Crippen LogP contribution in [0.1, 0.15) is 38.3 Å². The van der Waals surface area contributed by atoms with Crippen LogP contribution in [-0.2, 0) is 9.59 Å². The van der Waals surface area contributed by atoms with E-state index in [2.05, 4.69) is 5.32 Å². The molecule has 4 atom stereocenters. The van der Waals surface area contributed by atoms with Crippen molar-refractivity contribution < 1.29 is 19.1 Å². The smallest absolute Gasteiger partial charge is 0.307 e. The Balaban J connectivity index is 2.05. The number of hydrogen-bond acceptors (Lipinski definition) is 2. The quantitative estimate of drug-likeness (QED) is 0.897. The average Bonchev–Trinajstić information content (AvgIpc) is 2.81. The molecule has 5 heteroatoms. The lowest BCUT2D eigenvalue weighted by atomic mass is 9.94. The van der Waals surface area contributed by atoms with E-state index in [9.17, 15) is 19.1 Å². The molecule has 0 bridgehead atoms. The van der Waals surface area contributed by atoms with E-state index in [-0.39, 0.29) is 23.7 Å². The summed E-state index contributed by atoms with van der Waals surface area (Å²) in [4.78, 5) is 23.5. The molecular formula is C16H20FNO3. The second kappa shape index (κ2) is 6.24. The molecular weight excluding hydrogens is 273 g/mol. The third kappa shape index (κ3) is 3.60. The van der Waals surface area contributed by atoms with E-state index >= 15 is 0 Å². The van der Waals surface area contributed by atoms with Crippen molar-refractivity contribution in [3.05, 3.63) is 35.6 Å². The van der Waals surface area contributed by atoms with E-state index in [1.54, 1.807) is 19.1 Å². The normalized spacial score (nSPS) is 26.3. The van der Waals surface area contributed by atoms with E-state index in [1.807, 2.05) is 6.92 Å². The van der Waals surface area contributed by atoms with Crippen molar-refractivity contribution in [1.29, 1.82) is 0 Å². The minimum absolute atomic E-state index is 0.228. The lowest BCUT2D eigenvalue weighted by Crippen LogP contribution is -2.36. The van der Waals surface area contributed by atoms with E-state index in [0.29, 0.717) is 18.4 Å². The van der Waals surface area contributed by atoms with Crippen molar-refractivity contribution in [1.82, 2.24) is 5.32 Å². The van der Waals surface area contributed by atoms with E-state index in [1.165, 1.54) is 12.1 Å². The van der Waals surface area contributed by atoms with E-state index < -0.39 is 17.8 Å². The number of nitrogens with one attached hydrogen (secondary N) is 1. The van der Waals surface area contributed by atoms with Crippen LogP contribution in [0, 0.1) is 23.6 Å². The molecule has 0 radical (unpaired) electrons. The molecule has 4 nitrogen and oxygen atoms in total. The molecule has 1 aliphatic rings. The minimum Gasteiger partial charge on any atom is -0.481 e. The molecule has 0 saturated heterocycles. The highest BCUT2D eigenvalue weighted by atomic mass is 19.1. The van der Waals surface area contributed by atoms with E-state index in [4.69, 9.17) is 0 Å². The first-order valence-electron chi connectivity index (χ1n) is 7.17. The molecule has 1 aliphatic carbocycles. The molecule has 1 aromatic rings. The van der Waals surface area contributed by atoms with Crippen LogP contribution in [0.15, 0.2) is 24.3 Å². The van der Waals surface area contributed by atoms with E-state index in [0.717, 1.165) is 0 Å². The molecule has 0 aromatic heterocycles. The Morgan fingerprint density at radius 1 is 1.33 bits per heavy atom. The molecule has 1 aromatic carbocycles. The van der Waals surface area contributed by atoms with Crippen LogP contribution in [0.3, 0.4) is 0 Å². The van der Waals surface area contributed by atoms with Crippen LogP contribution in [0.4, 0.5) is 4.39 Å². The van der Waals surface area contributed by atoms with Crippen molar-refractivity contribution in [2.75, 3.05) is 0 Å². The lowest BCUT2D eigenvalue weighted by molar-refractivity contribution is -0.146. The van der Waals surface area contributed by atoms with Crippen LogP contribution in [0.25, 0.3) is 0 Å². The second-order valence-corrected chi connectivity index (χ2v) is 5.91. The van der Waals surface area contributed by atoms with Crippen LogP contribution in [0.2, 0.25) is 0 Å². The molecule has 21 heavy (non-hydrogen) atoms. The maximum Gasteiger partial charge on any atom is 0.307 e. The van der Waals surface area contributed by atoms with Crippen LogP contribution in [-0.4, -0.2) is 17.0 Å². The molecule has 0 spiro atoms. The number of benzene rings is 1. The first-order chi connectivity index (χ1) is 9.88. The first-order valence-corrected chi connectivity index (χ1v) is 7.17. The van der Waals surface area contributed by atoms with Crippen molar-refractivity contribution >= 4 is 11.9 Å². The molecule has 1 fully saturated rings. The number of halogens is 1. The SMILES string of the molecule is CC1C[C@H](C(=O)NC(C)c2cccc(F)c2)[C@H](C(=O)O)C1.